The second-order valence-electron chi connectivity index (χ2n) is 3.83. The Labute approximate surface area is 104 Å². The Kier molecular flexibility index (Phi) is 4.98. The Morgan fingerprint density at radius 1 is 1.47 bits per heavy atom. The molecule has 1 fully saturated rings. The van der Waals surface area contributed by atoms with E-state index in [0.29, 0.717) is 12.6 Å². The first-order valence-corrected chi connectivity index (χ1v) is 5.98. The zero-order valence-corrected chi connectivity index (χ0v) is 11.1. The predicted molar refractivity (Wildman–Crippen MR) is 66.5 cm³/mol. The van der Waals surface area contributed by atoms with Crippen LogP contribution < -0.4 is 0 Å². The average molecular weight is 326 g/mol. The Morgan fingerprint density at radius 3 is 2.73 bits per heavy atom. The van der Waals surface area contributed by atoms with E-state index in [4.69, 9.17) is 0 Å². The summed E-state index contributed by atoms with van der Waals surface area (Å²) in [6.07, 6.45) is 2.59. The lowest BCUT2D eigenvalue weighted by Crippen LogP contribution is -2.54. The molecule has 3 nitrogen and oxygen atoms in total. The summed E-state index contributed by atoms with van der Waals surface area (Å²) in [4.78, 5) is 13.5. The van der Waals surface area contributed by atoms with Crippen LogP contribution in [0.2, 0.25) is 0 Å². The summed E-state index contributed by atoms with van der Waals surface area (Å²) >= 11 is 2.28. The van der Waals surface area contributed by atoms with Crippen LogP contribution >= 0.6 is 22.9 Å². The van der Waals surface area contributed by atoms with Crippen molar-refractivity contribution in [3.05, 3.63) is 12.2 Å². The molecular formula is C10H16FIN2O. The van der Waals surface area contributed by atoms with Crippen molar-refractivity contribution in [3.8, 4) is 0 Å². The van der Waals surface area contributed by atoms with Gasteiger partial charge in [0.25, 0.3) is 0 Å². The number of hydrogen-bond donors (Lipinski definition) is 0. The van der Waals surface area contributed by atoms with Crippen molar-refractivity contribution in [2.45, 2.75) is 25.9 Å². The van der Waals surface area contributed by atoms with E-state index in [2.05, 4.69) is 32.9 Å². The topological polar surface area (TPSA) is 23.6 Å². The van der Waals surface area contributed by atoms with Crippen molar-refractivity contribution >= 4 is 28.8 Å². The highest BCUT2D eigenvalue weighted by Gasteiger charge is 2.29. The monoisotopic (exact) mass is 326 g/mol. The van der Waals surface area contributed by atoms with E-state index in [1.807, 2.05) is 6.92 Å². The molecule has 0 aliphatic carbocycles. The summed E-state index contributed by atoms with van der Waals surface area (Å²) in [5, 5.41) is 0. The number of hydrogen-bond acceptors (Lipinski definition) is 2. The third kappa shape index (κ3) is 3.41. The van der Waals surface area contributed by atoms with Gasteiger partial charge in [0.05, 0.1) is 0 Å². The van der Waals surface area contributed by atoms with Crippen molar-refractivity contribution in [1.82, 2.24) is 8.01 Å². The fourth-order valence-electron chi connectivity index (χ4n) is 1.63. The second kappa shape index (κ2) is 5.79. The van der Waals surface area contributed by atoms with Gasteiger partial charge in [-0.25, -0.2) is 7.50 Å². The molecule has 0 radical (unpaired) electrons. The van der Waals surface area contributed by atoms with Crippen molar-refractivity contribution in [1.29, 1.82) is 0 Å². The lowest BCUT2D eigenvalue weighted by atomic mass is 10.1. The minimum absolute atomic E-state index is 0.0866. The fourth-order valence-corrected chi connectivity index (χ4v) is 2.38. The lowest BCUT2D eigenvalue weighted by Gasteiger charge is -2.40. The summed E-state index contributed by atoms with van der Waals surface area (Å²) < 4.78 is 14.1. The molecule has 0 saturated carbocycles. The van der Waals surface area contributed by atoms with Gasteiger partial charge >= 0.3 is 0 Å². The molecular weight excluding hydrogens is 310 g/mol. The van der Waals surface area contributed by atoms with Crippen molar-refractivity contribution in [2.24, 2.45) is 0 Å². The molecule has 5 heteroatoms. The number of halogens is 2. The molecule has 0 aromatic heterocycles. The molecule has 1 aliphatic heterocycles. The molecule has 1 saturated heterocycles. The lowest BCUT2D eigenvalue weighted by molar-refractivity contribution is -0.130. The number of carbonyl (C=O) groups is 1. The SMILES string of the molecule is C[C@@H]1CN(I)[C@@H](C)CN1C(=O)/C=C/CF. The molecule has 0 spiro atoms. The van der Waals surface area contributed by atoms with Crippen LogP contribution in [0.1, 0.15) is 13.8 Å². The van der Waals surface area contributed by atoms with E-state index in [0.717, 1.165) is 6.54 Å². The van der Waals surface area contributed by atoms with Gasteiger partial charge < -0.3 is 4.90 Å². The van der Waals surface area contributed by atoms with Gasteiger partial charge in [-0.1, -0.05) is 0 Å². The van der Waals surface area contributed by atoms with Crippen LogP contribution in [0.15, 0.2) is 12.2 Å². The quantitative estimate of drug-likeness (QED) is 0.439. The molecule has 0 bridgehead atoms. The van der Waals surface area contributed by atoms with Crippen LogP contribution in [0, 0.1) is 0 Å². The van der Waals surface area contributed by atoms with Crippen LogP contribution in [0.25, 0.3) is 0 Å². The van der Waals surface area contributed by atoms with Gasteiger partial charge in [-0.2, -0.15) is 0 Å². The molecule has 86 valence electrons. The predicted octanol–water partition coefficient (Wildman–Crippen LogP) is 1.78. The Balaban J connectivity index is 2.61. The normalized spacial score (nSPS) is 28.7. The minimum atomic E-state index is -0.581. The fraction of sp³-hybridized carbons (Fsp3) is 0.700. The number of allylic oxidation sites excluding steroid dienone is 1. The summed E-state index contributed by atoms with van der Waals surface area (Å²) in [5.74, 6) is -0.0866. The third-order valence-electron chi connectivity index (χ3n) is 2.54. The number of piperazine rings is 1. The average Bonchev–Trinajstić information content (AvgIpc) is 2.20. The van der Waals surface area contributed by atoms with Gasteiger partial charge in [0.15, 0.2) is 0 Å². The molecule has 1 rings (SSSR count). The van der Waals surface area contributed by atoms with Crippen LogP contribution in [-0.4, -0.2) is 45.8 Å². The molecule has 0 N–H and O–H groups in total. The van der Waals surface area contributed by atoms with Gasteiger partial charge in [0.2, 0.25) is 5.91 Å². The van der Waals surface area contributed by atoms with Crippen LogP contribution in [0.4, 0.5) is 4.39 Å². The van der Waals surface area contributed by atoms with Crippen molar-refractivity contribution in [2.75, 3.05) is 19.8 Å². The summed E-state index contributed by atoms with van der Waals surface area (Å²) in [6, 6.07) is 0.541. The molecule has 0 aromatic rings. The van der Waals surface area contributed by atoms with Gasteiger partial charge in [-0.05, 0) is 19.9 Å². The largest absolute Gasteiger partial charge is 0.334 e. The smallest absolute Gasteiger partial charge is 0.246 e. The van der Waals surface area contributed by atoms with Gasteiger partial charge in [0.1, 0.15) is 6.67 Å². The molecule has 0 unspecified atom stereocenters. The standard InChI is InChI=1S/C10H16FIN2O/c1-8-7-14(12)9(2)6-13(8)10(15)4-3-5-11/h3-4,8-9H,5-7H2,1-2H3/b4-3+/t8-,9+/m1/s1. The van der Waals surface area contributed by atoms with Crippen molar-refractivity contribution in [3.63, 3.8) is 0 Å². The van der Waals surface area contributed by atoms with Gasteiger partial charge in [-0.3, -0.25) is 4.79 Å². The Bertz CT molecular complexity index is 260. The molecule has 1 aliphatic rings. The highest BCUT2D eigenvalue weighted by Crippen LogP contribution is 2.18. The number of amides is 1. The number of rotatable bonds is 2. The first-order valence-electron chi connectivity index (χ1n) is 5.01. The molecule has 0 aromatic carbocycles. The third-order valence-corrected chi connectivity index (χ3v) is 3.89. The first kappa shape index (κ1) is 12.9. The molecule has 1 amide bonds. The Morgan fingerprint density at radius 2 is 2.13 bits per heavy atom. The minimum Gasteiger partial charge on any atom is -0.334 e. The van der Waals surface area contributed by atoms with E-state index < -0.39 is 6.67 Å². The maximum atomic E-state index is 11.9. The second-order valence-corrected chi connectivity index (χ2v) is 5.07. The summed E-state index contributed by atoms with van der Waals surface area (Å²) in [5.41, 5.74) is 0. The van der Waals surface area contributed by atoms with E-state index in [-0.39, 0.29) is 11.9 Å². The van der Waals surface area contributed by atoms with Crippen LogP contribution in [0.5, 0.6) is 0 Å². The van der Waals surface area contributed by atoms with Crippen molar-refractivity contribution < 1.29 is 9.18 Å². The van der Waals surface area contributed by atoms with E-state index in [1.165, 1.54) is 12.2 Å². The van der Waals surface area contributed by atoms with E-state index in [9.17, 15) is 9.18 Å². The summed E-state index contributed by atoms with van der Waals surface area (Å²) in [6.45, 7) is 5.08. The highest BCUT2D eigenvalue weighted by molar-refractivity contribution is 14.1. The first-order chi connectivity index (χ1) is 7.06. The zero-order chi connectivity index (χ0) is 11.4. The number of alkyl halides is 1. The molecule has 1 heterocycles. The highest BCUT2D eigenvalue weighted by atomic mass is 127. The van der Waals surface area contributed by atoms with E-state index in [1.54, 1.807) is 4.90 Å². The van der Waals surface area contributed by atoms with Crippen LogP contribution in [-0.2, 0) is 4.79 Å². The molecule has 15 heavy (non-hydrogen) atoms. The number of carbonyl (C=O) groups excluding carboxylic acids is 1. The maximum absolute atomic E-state index is 11.9. The zero-order valence-electron chi connectivity index (χ0n) is 8.99. The maximum Gasteiger partial charge on any atom is 0.246 e. The van der Waals surface area contributed by atoms with Gasteiger partial charge in [0, 0.05) is 54.1 Å². The summed E-state index contributed by atoms with van der Waals surface area (Å²) in [7, 11) is 0. The number of nitrogens with zero attached hydrogens (tertiary/aromatic N) is 2. The van der Waals surface area contributed by atoms with Crippen LogP contribution in [0.3, 0.4) is 0 Å². The Hall–Kier alpha value is -0.170. The van der Waals surface area contributed by atoms with Gasteiger partial charge in [-0.15, -0.1) is 0 Å². The van der Waals surface area contributed by atoms with E-state index >= 15 is 0 Å². The molecule has 2 atom stereocenters.